The Kier molecular flexibility index (Phi) is 18.5. The first-order valence-electron chi connectivity index (χ1n) is 21.3. The lowest BCUT2D eigenvalue weighted by Gasteiger charge is -2.37. The van der Waals surface area contributed by atoms with Gasteiger partial charge in [0.2, 0.25) is 0 Å². The Morgan fingerprint density at radius 3 is 1.95 bits per heavy atom. The van der Waals surface area contributed by atoms with E-state index in [0.717, 1.165) is 49.0 Å². The van der Waals surface area contributed by atoms with E-state index in [1.165, 1.54) is 42.9 Å². The molecular weight excluding hydrogens is 759 g/mol. The first-order valence-corrected chi connectivity index (χ1v) is 21.3. The number of ether oxygens (including phenoxy) is 6. The van der Waals surface area contributed by atoms with Crippen molar-refractivity contribution in [1.82, 2.24) is 9.55 Å². The predicted octanol–water partition coefficient (Wildman–Crippen LogP) is 8.54. The fourth-order valence-corrected chi connectivity index (χ4v) is 7.83. The van der Waals surface area contributed by atoms with Crippen LogP contribution in [-0.4, -0.2) is 63.4 Å². The molecule has 4 atom stereocenters. The summed E-state index contributed by atoms with van der Waals surface area (Å²) in [5.74, 6) is 6.87. The average Bonchev–Trinajstić information content (AvgIpc) is 3.71. The normalized spacial score (nSPS) is 16.8. The van der Waals surface area contributed by atoms with Crippen LogP contribution in [0.15, 0.2) is 94.6 Å². The highest BCUT2D eigenvalue weighted by atomic mass is 16.6. The molecule has 11 heteroatoms. The smallest absolute Gasteiger partial charge is 0.330 e. The molecule has 1 N–H and O–H groups in total. The molecule has 5 rings (SSSR count). The highest BCUT2D eigenvalue weighted by Gasteiger charge is 2.44. The molecule has 1 aliphatic rings. The van der Waals surface area contributed by atoms with E-state index in [0.29, 0.717) is 37.6 Å². The molecule has 0 bridgehead atoms. The van der Waals surface area contributed by atoms with E-state index in [2.05, 4.69) is 22.9 Å². The van der Waals surface area contributed by atoms with Crippen molar-refractivity contribution in [2.45, 2.75) is 95.5 Å². The molecule has 60 heavy (non-hydrogen) atoms. The minimum Gasteiger partial charge on any atom is -0.497 e. The van der Waals surface area contributed by atoms with Gasteiger partial charge < -0.3 is 28.4 Å². The Morgan fingerprint density at radius 2 is 1.37 bits per heavy atom. The number of benzene rings is 3. The fraction of sp³-hybridized carbons (Fsp3) is 0.490. The van der Waals surface area contributed by atoms with Crippen LogP contribution < -0.4 is 20.7 Å². The molecule has 1 aromatic heterocycles. The lowest BCUT2D eigenvalue weighted by Crippen LogP contribution is -2.38. The van der Waals surface area contributed by atoms with Crippen molar-refractivity contribution in [3.8, 4) is 29.4 Å². The summed E-state index contributed by atoms with van der Waals surface area (Å²) in [6, 6.07) is 27.9. The number of nitrogens with zero attached hydrogens (tertiary/aromatic N) is 2. The second-order valence-corrected chi connectivity index (χ2v) is 15.3. The molecule has 3 aromatic carbocycles. The van der Waals surface area contributed by atoms with Crippen molar-refractivity contribution >= 4 is 0 Å². The van der Waals surface area contributed by atoms with Crippen LogP contribution in [0.2, 0.25) is 0 Å². The zero-order valence-electron chi connectivity index (χ0n) is 35.7. The van der Waals surface area contributed by atoms with Gasteiger partial charge in [-0.1, -0.05) is 111 Å². The van der Waals surface area contributed by atoms with E-state index in [9.17, 15) is 14.9 Å². The van der Waals surface area contributed by atoms with E-state index >= 15 is 0 Å². The largest absolute Gasteiger partial charge is 0.497 e. The van der Waals surface area contributed by atoms with Gasteiger partial charge in [-0.3, -0.25) is 14.3 Å². The van der Waals surface area contributed by atoms with Gasteiger partial charge in [0.25, 0.3) is 5.56 Å². The summed E-state index contributed by atoms with van der Waals surface area (Å²) in [7, 11) is 4.94. The van der Waals surface area contributed by atoms with Crippen molar-refractivity contribution in [2.24, 2.45) is 11.8 Å². The molecule has 1 saturated heterocycles. The van der Waals surface area contributed by atoms with Gasteiger partial charge in [-0.2, -0.15) is 5.26 Å². The lowest BCUT2D eigenvalue weighted by molar-refractivity contribution is -0.0867. The Bertz CT molecular complexity index is 2050. The second kappa shape index (κ2) is 24.2. The zero-order chi connectivity index (χ0) is 42.6. The highest BCUT2D eigenvalue weighted by molar-refractivity contribution is 5.49. The SMILES string of the molecule is COCCOCCCCCCCCCCCC#Cc1cn([C@@H]2CC(C(C)C#N)[C@H](COC(c3ccccc3)(c3ccc(OC)cc3)c3ccc(OC)cc3)O2)c(=O)[nH]c1=O. The average molecular weight is 820 g/mol. The van der Waals surface area contributed by atoms with Crippen LogP contribution in [0.1, 0.15) is 106 Å². The molecule has 1 aliphatic heterocycles. The van der Waals surface area contributed by atoms with E-state index in [4.69, 9.17) is 28.4 Å². The molecule has 2 unspecified atom stereocenters. The number of unbranched alkanes of at least 4 members (excludes halogenated alkanes) is 9. The van der Waals surface area contributed by atoms with Crippen molar-refractivity contribution in [3.63, 3.8) is 0 Å². The Morgan fingerprint density at radius 1 is 0.783 bits per heavy atom. The molecule has 11 nitrogen and oxygen atoms in total. The van der Waals surface area contributed by atoms with Gasteiger partial charge in [-0.15, -0.1) is 0 Å². The maximum atomic E-state index is 13.3. The maximum Gasteiger partial charge on any atom is 0.330 e. The minimum atomic E-state index is -1.10. The topological polar surface area (TPSA) is 134 Å². The monoisotopic (exact) mass is 819 g/mol. The zero-order valence-corrected chi connectivity index (χ0v) is 35.7. The highest BCUT2D eigenvalue weighted by Crippen LogP contribution is 2.44. The van der Waals surface area contributed by atoms with E-state index < -0.39 is 35.1 Å². The van der Waals surface area contributed by atoms with Gasteiger partial charge in [0.05, 0.1) is 46.2 Å². The standard InChI is InChI=1S/C49H61N3O8/c1-37(34-50)44-33-46(52-35-38(47(53)51-48(52)54)19-15-12-10-8-6-5-7-9-11-13-18-30-58-32-31-55-2)60-45(44)36-59-49(39-20-16-14-17-21-39,40-22-26-42(56-3)27-23-40)41-24-28-43(57-4)29-25-41/h14,16-17,20-29,35,37,44-46H,5-13,18,30-33,36H2,1-4H3,(H,51,53,54)/t37?,44?,45-,46-/m0/s1. The van der Waals surface area contributed by atoms with Crippen molar-refractivity contribution in [3.05, 3.63) is 128 Å². The van der Waals surface area contributed by atoms with Crippen LogP contribution in [-0.2, 0) is 24.5 Å². The molecule has 0 spiro atoms. The molecule has 0 saturated carbocycles. The van der Waals surface area contributed by atoms with Crippen LogP contribution in [0.4, 0.5) is 0 Å². The number of H-pyrrole nitrogens is 1. The third kappa shape index (κ3) is 12.4. The van der Waals surface area contributed by atoms with Crippen molar-refractivity contribution in [2.75, 3.05) is 47.8 Å². The van der Waals surface area contributed by atoms with Gasteiger partial charge in [-0.25, -0.2) is 4.79 Å². The number of hydrogen-bond donors (Lipinski definition) is 1. The summed E-state index contributed by atoms with van der Waals surface area (Å²) in [5.41, 5.74) is 0.598. The van der Waals surface area contributed by atoms with Gasteiger partial charge in [-0.05, 0) is 67.1 Å². The summed E-state index contributed by atoms with van der Waals surface area (Å²) >= 11 is 0. The number of methoxy groups -OCH3 is 3. The van der Waals surface area contributed by atoms with Crippen LogP contribution in [0, 0.1) is 35.0 Å². The second-order valence-electron chi connectivity index (χ2n) is 15.3. The van der Waals surface area contributed by atoms with E-state index in [1.807, 2.05) is 85.8 Å². The first kappa shape index (κ1) is 45.9. The lowest BCUT2D eigenvalue weighted by atomic mass is 9.79. The quantitative estimate of drug-likeness (QED) is 0.0420. The number of aromatic amines is 1. The maximum absolute atomic E-state index is 13.3. The van der Waals surface area contributed by atoms with Gasteiger partial charge in [0.15, 0.2) is 0 Å². The van der Waals surface area contributed by atoms with Crippen molar-refractivity contribution < 1.29 is 28.4 Å². The van der Waals surface area contributed by atoms with Crippen LogP contribution in [0.3, 0.4) is 0 Å². The Balaban J connectivity index is 1.26. The number of rotatable bonds is 24. The number of hydrogen-bond acceptors (Lipinski definition) is 9. The Labute approximate surface area is 354 Å². The molecule has 0 radical (unpaired) electrons. The van der Waals surface area contributed by atoms with E-state index in [-0.39, 0.29) is 18.1 Å². The minimum absolute atomic E-state index is 0.0933. The summed E-state index contributed by atoms with van der Waals surface area (Å²) in [6.45, 7) is 4.07. The molecule has 0 aliphatic carbocycles. The molecule has 4 aromatic rings. The summed E-state index contributed by atoms with van der Waals surface area (Å²) in [5, 5.41) is 10.1. The molecule has 0 amide bonds. The third-order valence-corrected chi connectivity index (χ3v) is 11.3. The summed E-state index contributed by atoms with van der Waals surface area (Å²) < 4.78 is 36.7. The fourth-order valence-electron chi connectivity index (χ4n) is 7.83. The van der Waals surface area contributed by atoms with Crippen LogP contribution in [0.25, 0.3) is 0 Å². The summed E-state index contributed by atoms with van der Waals surface area (Å²) in [6.07, 6.45) is 11.6. The first-order chi connectivity index (χ1) is 29.3. The number of aromatic nitrogens is 2. The molecule has 1 fully saturated rings. The summed E-state index contributed by atoms with van der Waals surface area (Å²) in [4.78, 5) is 28.6. The molecule has 320 valence electrons. The van der Waals surface area contributed by atoms with Gasteiger partial charge in [0, 0.05) is 38.2 Å². The van der Waals surface area contributed by atoms with Crippen molar-refractivity contribution in [1.29, 1.82) is 5.26 Å². The van der Waals surface area contributed by atoms with Crippen LogP contribution >= 0.6 is 0 Å². The number of nitrogens with one attached hydrogen (secondary N) is 1. The predicted molar refractivity (Wildman–Crippen MR) is 232 cm³/mol. The van der Waals surface area contributed by atoms with Gasteiger partial charge in [0.1, 0.15) is 28.9 Å². The third-order valence-electron chi connectivity index (χ3n) is 11.3. The van der Waals surface area contributed by atoms with Gasteiger partial charge >= 0.3 is 5.69 Å². The molecule has 2 heterocycles. The number of nitriles is 1. The Hall–Kier alpha value is -5.17. The molecular formula is C49H61N3O8. The van der Waals surface area contributed by atoms with Crippen LogP contribution in [0.5, 0.6) is 11.5 Å². The van der Waals surface area contributed by atoms with E-state index in [1.54, 1.807) is 21.3 Å².